The minimum Gasteiger partial charge on any atom is -0.461 e. The van der Waals surface area contributed by atoms with Crippen molar-refractivity contribution in [3.63, 3.8) is 0 Å². The molecule has 0 atom stereocenters. The maximum absolute atomic E-state index is 12.6. The Kier molecular flexibility index (Phi) is 5.75. The van der Waals surface area contributed by atoms with Crippen LogP contribution in [0, 0.1) is 10.1 Å². The number of thioether (sulfide) groups is 1. The van der Waals surface area contributed by atoms with Crippen LogP contribution in [0.15, 0.2) is 52.2 Å². The number of nitro groups is 1. The number of ketones is 1. The maximum Gasteiger partial charge on any atom is 0.270 e. The van der Waals surface area contributed by atoms with Gasteiger partial charge in [0.25, 0.3) is 5.69 Å². The van der Waals surface area contributed by atoms with Gasteiger partial charge in [-0.25, -0.2) is 0 Å². The molecule has 0 radical (unpaired) electrons. The van der Waals surface area contributed by atoms with Gasteiger partial charge in [-0.15, -0.1) is 10.2 Å². The minimum absolute atomic E-state index is 0.0914. The summed E-state index contributed by atoms with van der Waals surface area (Å²) in [6, 6.07) is 9.74. The van der Waals surface area contributed by atoms with Crippen LogP contribution in [0.1, 0.15) is 48.5 Å². The number of furan rings is 1. The number of carbonyl (C=O) groups is 1. The third kappa shape index (κ3) is 4.24. The molecule has 150 valence electrons. The largest absolute Gasteiger partial charge is 0.461 e. The Balaban J connectivity index is 1.56. The first-order valence-electron chi connectivity index (χ1n) is 9.52. The third-order valence-electron chi connectivity index (χ3n) is 5.06. The lowest BCUT2D eigenvalue weighted by atomic mass is 9.95. The van der Waals surface area contributed by atoms with Gasteiger partial charge in [-0.2, -0.15) is 0 Å². The summed E-state index contributed by atoms with van der Waals surface area (Å²) in [6.45, 7) is 0. The quantitative estimate of drug-likeness (QED) is 0.235. The van der Waals surface area contributed by atoms with Crippen molar-refractivity contribution in [3.8, 4) is 11.6 Å². The first-order chi connectivity index (χ1) is 14.1. The molecular weight excluding hydrogens is 392 g/mol. The van der Waals surface area contributed by atoms with Crippen LogP contribution in [0.2, 0.25) is 0 Å². The SMILES string of the molecule is O=C(CSc1nnc(-c2ccco2)n1C1CCCCC1)c1cccc([N+](=O)[O-])c1. The Morgan fingerprint density at radius 3 is 2.76 bits per heavy atom. The fourth-order valence-electron chi connectivity index (χ4n) is 3.62. The highest BCUT2D eigenvalue weighted by Crippen LogP contribution is 2.35. The molecule has 0 aliphatic heterocycles. The van der Waals surface area contributed by atoms with Gasteiger partial charge in [0.05, 0.1) is 16.9 Å². The summed E-state index contributed by atoms with van der Waals surface area (Å²) in [4.78, 5) is 23.0. The van der Waals surface area contributed by atoms with E-state index in [1.807, 2.05) is 12.1 Å². The van der Waals surface area contributed by atoms with Crippen LogP contribution in [0.3, 0.4) is 0 Å². The van der Waals surface area contributed by atoms with Crippen molar-refractivity contribution in [1.29, 1.82) is 0 Å². The molecule has 1 fully saturated rings. The van der Waals surface area contributed by atoms with Crippen LogP contribution in [0.4, 0.5) is 5.69 Å². The lowest BCUT2D eigenvalue weighted by Crippen LogP contribution is -2.15. The van der Waals surface area contributed by atoms with Crippen molar-refractivity contribution in [2.75, 3.05) is 5.75 Å². The zero-order valence-electron chi connectivity index (χ0n) is 15.7. The summed E-state index contributed by atoms with van der Waals surface area (Å²) in [5.41, 5.74) is 0.230. The van der Waals surface area contributed by atoms with Gasteiger partial charge < -0.3 is 4.42 Å². The van der Waals surface area contributed by atoms with Crippen molar-refractivity contribution < 1.29 is 14.1 Å². The Morgan fingerprint density at radius 1 is 1.21 bits per heavy atom. The van der Waals surface area contributed by atoms with E-state index in [-0.39, 0.29) is 23.3 Å². The van der Waals surface area contributed by atoms with Gasteiger partial charge in [-0.3, -0.25) is 19.5 Å². The number of Topliss-reactive ketones (excluding diaryl/α,β-unsaturated/α-hetero) is 1. The highest BCUT2D eigenvalue weighted by Gasteiger charge is 2.25. The predicted molar refractivity (Wildman–Crippen MR) is 108 cm³/mol. The van der Waals surface area contributed by atoms with Crippen LogP contribution in [0.5, 0.6) is 0 Å². The highest BCUT2D eigenvalue weighted by atomic mass is 32.2. The number of aromatic nitrogens is 3. The summed E-state index contributed by atoms with van der Waals surface area (Å²) >= 11 is 1.30. The smallest absolute Gasteiger partial charge is 0.270 e. The van der Waals surface area contributed by atoms with E-state index in [0.717, 1.165) is 25.7 Å². The fourth-order valence-corrected chi connectivity index (χ4v) is 4.52. The van der Waals surface area contributed by atoms with E-state index >= 15 is 0 Å². The molecule has 0 bridgehead atoms. The average molecular weight is 412 g/mol. The Bertz CT molecular complexity index is 1010. The van der Waals surface area contributed by atoms with E-state index in [1.165, 1.54) is 36.4 Å². The monoisotopic (exact) mass is 412 g/mol. The molecule has 8 nitrogen and oxygen atoms in total. The molecule has 29 heavy (non-hydrogen) atoms. The standard InChI is InChI=1S/C20H20N4O4S/c25-17(14-6-4-9-16(12-14)24(26)27)13-29-20-22-21-19(18-10-5-11-28-18)23(20)15-7-2-1-3-8-15/h4-6,9-12,15H,1-3,7-8,13H2. The zero-order valence-corrected chi connectivity index (χ0v) is 16.5. The van der Waals surface area contributed by atoms with Crippen LogP contribution in [-0.2, 0) is 0 Å². The van der Waals surface area contributed by atoms with E-state index < -0.39 is 4.92 Å². The highest BCUT2D eigenvalue weighted by molar-refractivity contribution is 7.99. The molecule has 9 heteroatoms. The van der Waals surface area contributed by atoms with Gasteiger partial charge in [-0.05, 0) is 25.0 Å². The average Bonchev–Trinajstić information content (AvgIpc) is 3.42. The topological polar surface area (TPSA) is 104 Å². The number of benzene rings is 1. The molecule has 0 spiro atoms. The molecule has 1 aromatic carbocycles. The van der Waals surface area contributed by atoms with Gasteiger partial charge >= 0.3 is 0 Å². The molecule has 0 saturated heterocycles. The second-order valence-electron chi connectivity index (χ2n) is 6.96. The van der Waals surface area contributed by atoms with E-state index in [1.54, 1.807) is 12.3 Å². The van der Waals surface area contributed by atoms with E-state index in [2.05, 4.69) is 14.8 Å². The number of carbonyl (C=O) groups excluding carboxylic acids is 1. The molecular formula is C20H20N4O4S. The third-order valence-corrected chi connectivity index (χ3v) is 6.00. The number of hydrogen-bond acceptors (Lipinski definition) is 7. The minimum atomic E-state index is -0.501. The van der Waals surface area contributed by atoms with Crippen LogP contribution < -0.4 is 0 Å². The van der Waals surface area contributed by atoms with Gasteiger partial charge in [-0.1, -0.05) is 43.2 Å². The second kappa shape index (κ2) is 8.60. The first-order valence-corrected chi connectivity index (χ1v) is 10.5. The lowest BCUT2D eigenvalue weighted by molar-refractivity contribution is -0.384. The second-order valence-corrected chi connectivity index (χ2v) is 7.91. The van der Waals surface area contributed by atoms with Gasteiger partial charge in [0, 0.05) is 23.7 Å². The Labute approximate surface area is 171 Å². The zero-order chi connectivity index (χ0) is 20.2. The van der Waals surface area contributed by atoms with E-state index in [0.29, 0.717) is 22.3 Å². The summed E-state index contributed by atoms with van der Waals surface area (Å²) in [5.74, 6) is 1.27. The molecule has 0 amide bonds. The molecule has 3 aromatic rings. The normalized spacial score (nSPS) is 14.8. The molecule has 1 saturated carbocycles. The molecule has 2 aromatic heterocycles. The molecule has 1 aliphatic rings. The van der Waals surface area contributed by atoms with Crippen LogP contribution in [0.25, 0.3) is 11.6 Å². The number of nitro benzene ring substituents is 1. The van der Waals surface area contributed by atoms with Gasteiger partial charge in [0.15, 0.2) is 16.7 Å². The number of rotatable bonds is 7. The van der Waals surface area contributed by atoms with Gasteiger partial charge in [0.1, 0.15) is 0 Å². The Morgan fingerprint density at radius 2 is 2.03 bits per heavy atom. The summed E-state index contributed by atoms with van der Waals surface area (Å²) < 4.78 is 7.62. The van der Waals surface area contributed by atoms with Crippen molar-refractivity contribution >= 4 is 23.2 Å². The first kappa shape index (κ1) is 19.4. The summed E-state index contributed by atoms with van der Waals surface area (Å²) in [5, 5.41) is 20.3. The Hall–Kier alpha value is -2.94. The van der Waals surface area contributed by atoms with Crippen molar-refractivity contribution in [3.05, 3.63) is 58.3 Å². The summed E-state index contributed by atoms with van der Waals surface area (Å²) in [7, 11) is 0. The van der Waals surface area contributed by atoms with E-state index in [9.17, 15) is 14.9 Å². The number of non-ortho nitro benzene ring substituents is 1. The van der Waals surface area contributed by atoms with Crippen molar-refractivity contribution in [2.24, 2.45) is 0 Å². The summed E-state index contributed by atoms with van der Waals surface area (Å²) in [6.07, 6.45) is 7.21. The number of hydrogen-bond donors (Lipinski definition) is 0. The maximum atomic E-state index is 12.6. The predicted octanol–water partition coefficient (Wildman–Crippen LogP) is 4.93. The molecule has 0 unspecified atom stereocenters. The number of nitrogens with zero attached hydrogens (tertiary/aromatic N) is 4. The van der Waals surface area contributed by atoms with Crippen molar-refractivity contribution in [2.45, 2.75) is 43.3 Å². The molecule has 0 N–H and O–H groups in total. The van der Waals surface area contributed by atoms with Crippen molar-refractivity contribution in [1.82, 2.24) is 14.8 Å². The van der Waals surface area contributed by atoms with Crippen LogP contribution >= 0.6 is 11.8 Å². The lowest BCUT2D eigenvalue weighted by Gasteiger charge is -2.25. The molecule has 1 aliphatic carbocycles. The molecule has 2 heterocycles. The molecule has 4 rings (SSSR count). The van der Waals surface area contributed by atoms with E-state index in [4.69, 9.17) is 4.42 Å². The van der Waals surface area contributed by atoms with Gasteiger partial charge in [0.2, 0.25) is 5.82 Å². The fraction of sp³-hybridized carbons (Fsp3) is 0.350. The van der Waals surface area contributed by atoms with Crippen LogP contribution in [-0.4, -0.2) is 31.2 Å².